The molecular formula is C8H4ClF2N3O2. The molecule has 0 aliphatic heterocycles. The minimum absolute atomic E-state index is 0.00442. The van der Waals surface area contributed by atoms with Crippen LogP contribution in [0.3, 0.4) is 0 Å². The maximum absolute atomic E-state index is 12.9. The van der Waals surface area contributed by atoms with Gasteiger partial charge in [0.05, 0.1) is 0 Å². The Labute approximate surface area is 92.3 Å². The molecule has 0 saturated heterocycles. The third-order valence-corrected chi connectivity index (χ3v) is 2.06. The van der Waals surface area contributed by atoms with Crippen LogP contribution in [0.1, 0.15) is 16.2 Å². The molecule has 0 fully saturated rings. The molecule has 0 aliphatic rings. The van der Waals surface area contributed by atoms with E-state index in [9.17, 15) is 13.6 Å². The Bertz CT molecular complexity index is 564. The van der Waals surface area contributed by atoms with Gasteiger partial charge in [0.25, 0.3) is 0 Å². The van der Waals surface area contributed by atoms with Gasteiger partial charge in [0, 0.05) is 12.3 Å². The summed E-state index contributed by atoms with van der Waals surface area (Å²) in [6.07, 6.45) is 1.11. The van der Waals surface area contributed by atoms with Crippen molar-refractivity contribution in [2.24, 2.45) is 0 Å². The Morgan fingerprint density at radius 1 is 1.56 bits per heavy atom. The normalized spacial score (nSPS) is 11.9. The molecule has 0 bridgehead atoms. The largest absolute Gasteiger partial charge is 0.476 e. The monoisotopic (exact) mass is 247 g/mol. The molecule has 2 aromatic heterocycles. The Balaban J connectivity index is 2.73. The highest BCUT2D eigenvalue weighted by molar-refractivity contribution is 6.21. The van der Waals surface area contributed by atoms with Crippen molar-refractivity contribution in [1.29, 1.82) is 0 Å². The summed E-state index contributed by atoms with van der Waals surface area (Å²) in [5.74, 6) is -1.32. The summed E-state index contributed by atoms with van der Waals surface area (Å²) >= 11 is 4.86. The van der Waals surface area contributed by atoms with Crippen LogP contribution in [0.5, 0.6) is 0 Å². The number of fused-ring (bicyclic) bond motifs is 1. The van der Waals surface area contributed by atoms with Crippen molar-refractivity contribution in [2.45, 2.75) is 5.38 Å². The van der Waals surface area contributed by atoms with E-state index in [0.29, 0.717) is 4.52 Å². The zero-order valence-corrected chi connectivity index (χ0v) is 8.32. The number of hydrogen-bond donors (Lipinski definition) is 1. The summed E-state index contributed by atoms with van der Waals surface area (Å²) < 4.78 is 26.6. The number of aromatic nitrogens is 3. The molecule has 2 rings (SSSR count). The number of alkyl halides is 3. The zero-order valence-electron chi connectivity index (χ0n) is 7.56. The standard InChI is InChI=1S/C8H4ClF2N3O2/c9-8(10,11)5-1-2-12-6-3-4(7(15)16)13-14(5)6/h1-3H,(H,15,16). The molecular weight excluding hydrogens is 244 g/mol. The van der Waals surface area contributed by atoms with Gasteiger partial charge < -0.3 is 5.11 Å². The fraction of sp³-hybridized carbons (Fsp3) is 0.125. The summed E-state index contributed by atoms with van der Waals surface area (Å²) in [5.41, 5.74) is -1.01. The molecule has 2 heterocycles. The average Bonchev–Trinajstić information content (AvgIpc) is 2.58. The lowest BCUT2D eigenvalue weighted by Gasteiger charge is -2.08. The van der Waals surface area contributed by atoms with Crippen LogP contribution in [0.2, 0.25) is 0 Å². The van der Waals surface area contributed by atoms with E-state index in [1.807, 2.05) is 0 Å². The summed E-state index contributed by atoms with van der Waals surface area (Å²) in [6.45, 7) is 0. The number of halogens is 3. The molecule has 84 valence electrons. The number of hydrogen-bond acceptors (Lipinski definition) is 3. The maximum atomic E-state index is 12.9. The van der Waals surface area contributed by atoms with Crippen molar-refractivity contribution in [3.63, 3.8) is 0 Å². The predicted molar refractivity (Wildman–Crippen MR) is 49.7 cm³/mol. The van der Waals surface area contributed by atoms with Crippen molar-refractivity contribution in [1.82, 2.24) is 14.6 Å². The molecule has 0 amide bonds. The second kappa shape index (κ2) is 3.38. The molecule has 5 nitrogen and oxygen atoms in total. The van der Waals surface area contributed by atoms with Gasteiger partial charge in [0.2, 0.25) is 0 Å². The Morgan fingerprint density at radius 2 is 2.25 bits per heavy atom. The minimum Gasteiger partial charge on any atom is -0.476 e. The molecule has 0 spiro atoms. The molecule has 0 unspecified atom stereocenters. The molecule has 0 aliphatic carbocycles. The van der Waals surface area contributed by atoms with Crippen molar-refractivity contribution < 1.29 is 18.7 Å². The van der Waals surface area contributed by atoms with Gasteiger partial charge in [-0.05, 0) is 17.7 Å². The quantitative estimate of drug-likeness (QED) is 0.821. The van der Waals surface area contributed by atoms with Gasteiger partial charge in [-0.3, -0.25) is 0 Å². The number of carboxylic acid groups (broad SMARTS) is 1. The van der Waals surface area contributed by atoms with Gasteiger partial charge in [-0.15, -0.1) is 0 Å². The van der Waals surface area contributed by atoms with Crippen LogP contribution in [-0.2, 0) is 5.38 Å². The fourth-order valence-electron chi connectivity index (χ4n) is 1.21. The lowest BCUT2D eigenvalue weighted by atomic mass is 10.4. The smallest absolute Gasteiger partial charge is 0.364 e. The van der Waals surface area contributed by atoms with Crippen LogP contribution >= 0.6 is 11.6 Å². The third-order valence-electron chi connectivity index (χ3n) is 1.87. The zero-order chi connectivity index (χ0) is 11.9. The van der Waals surface area contributed by atoms with E-state index in [4.69, 9.17) is 16.7 Å². The van der Waals surface area contributed by atoms with Gasteiger partial charge in [0.1, 0.15) is 5.69 Å². The van der Waals surface area contributed by atoms with Crippen molar-refractivity contribution in [3.8, 4) is 0 Å². The van der Waals surface area contributed by atoms with E-state index in [-0.39, 0.29) is 11.3 Å². The van der Waals surface area contributed by atoms with Crippen molar-refractivity contribution >= 4 is 23.2 Å². The highest BCUT2D eigenvalue weighted by Crippen LogP contribution is 2.31. The molecule has 1 N–H and O–H groups in total. The molecule has 8 heteroatoms. The first-order valence-corrected chi connectivity index (χ1v) is 4.42. The topological polar surface area (TPSA) is 67.5 Å². The van der Waals surface area contributed by atoms with E-state index in [0.717, 1.165) is 18.3 Å². The van der Waals surface area contributed by atoms with E-state index < -0.39 is 17.0 Å². The summed E-state index contributed by atoms with van der Waals surface area (Å²) in [5, 5.41) is 8.49. The van der Waals surface area contributed by atoms with E-state index in [2.05, 4.69) is 10.1 Å². The highest BCUT2D eigenvalue weighted by Gasteiger charge is 2.32. The van der Waals surface area contributed by atoms with Gasteiger partial charge in [-0.25, -0.2) is 14.3 Å². The second-order valence-electron chi connectivity index (χ2n) is 2.93. The van der Waals surface area contributed by atoms with Crippen LogP contribution in [0, 0.1) is 0 Å². The summed E-state index contributed by atoms with van der Waals surface area (Å²) in [7, 11) is 0. The van der Waals surface area contributed by atoms with Crippen LogP contribution in [-0.4, -0.2) is 25.7 Å². The lowest BCUT2D eigenvalue weighted by Crippen LogP contribution is -2.12. The maximum Gasteiger partial charge on any atom is 0.364 e. The van der Waals surface area contributed by atoms with E-state index >= 15 is 0 Å². The summed E-state index contributed by atoms with van der Waals surface area (Å²) in [6, 6.07) is 2.05. The second-order valence-corrected chi connectivity index (χ2v) is 3.41. The molecule has 0 atom stereocenters. The van der Waals surface area contributed by atoms with Gasteiger partial charge in [-0.1, -0.05) is 0 Å². The SMILES string of the molecule is O=C(O)c1cc2nccc(C(F)(F)Cl)n2n1. The summed E-state index contributed by atoms with van der Waals surface area (Å²) in [4.78, 5) is 14.3. The van der Waals surface area contributed by atoms with Crippen LogP contribution in [0.15, 0.2) is 18.3 Å². The molecule has 2 aromatic rings. The van der Waals surface area contributed by atoms with E-state index in [1.54, 1.807) is 0 Å². The van der Waals surface area contributed by atoms with Crippen LogP contribution in [0.4, 0.5) is 8.78 Å². The molecule has 0 saturated carbocycles. The Hall–Kier alpha value is -1.76. The predicted octanol–water partition coefficient (Wildman–Crippen LogP) is 1.72. The molecule has 0 aromatic carbocycles. The van der Waals surface area contributed by atoms with Crippen molar-refractivity contribution in [3.05, 3.63) is 29.7 Å². The third kappa shape index (κ3) is 1.69. The average molecular weight is 248 g/mol. The Morgan fingerprint density at radius 3 is 2.81 bits per heavy atom. The minimum atomic E-state index is -3.64. The highest BCUT2D eigenvalue weighted by atomic mass is 35.5. The van der Waals surface area contributed by atoms with E-state index in [1.165, 1.54) is 0 Å². The first kappa shape index (κ1) is 10.7. The van der Waals surface area contributed by atoms with Crippen molar-refractivity contribution in [2.75, 3.05) is 0 Å². The first-order chi connectivity index (χ1) is 7.39. The first-order valence-electron chi connectivity index (χ1n) is 4.05. The number of carboxylic acids is 1. The van der Waals surface area contributed by atoms with Gasteiger partial charge in [-0.2, -0.15) is 13.9 Å². The number of aromatic carboxylic acids is 1. The lowest BCUT2D eigenvalue weighted by molar-refractivity contribution is 0.0686. The van der Waals surface area contributed by atoms with Gasteiger partial charge in [0.15, 0.2) is 11.3 Å². The Kier molecular flexibility index (Phi) is 2.27. The number of nitrogens with zero attached hydrogens (tertiary/aromatic N) is 3. The van der Waals surface area contributed by atoms with Gasteiger partial charge >= 0.3 is 11.4 Å². The molecule has 16 heavy (non-hydrogen) atoms. The fourth-order valence-corrected chi connectivity index (χ4v) is 1.36. The van der Waals surface area contributed by atoms with Crippen LogP contribution in [0.25, 0.3) is 5.65 Å². The molecule has 0 radical (unpaired) electrons. The number of carbonyl (C=O) groups is 1. The van der Waals surface area contributed by atoms with Crippen LogP contribution < -0.4 is 0 Å². The number of rotatable bonds is 2.